The van der Waals surface area contributed by atoms with Crippen LogP contribution in [0.4, 0.5) is 4.79 Å². The molecule has 0 atom stereocenters. The van der Waals surface area contributed by atoms with Gasteiger partial charge in [-0.05, 0) is 31.0 Å². The van der Waals surface area contributed by atoms with E-state index >= 15 is 0 Å². The van der Waals surface area contributed by atoms with Crippen LogP contribution in [0.1, 0.15) is 12.8 Å². The smallest absolute Gasteiger partial charge is 0.323 e. The molecule has 1 saturated heterocycles. The first kappa shape index (κ1) is 14.8. The maximum absolute atomic E-state index is 12.3. The summed E-state index contributed by atoms with van der Waals surface area (Å²) >= 11 is 1.42. The molecular formula is C16H16N6OS. The van der Waals surface area contributed by atoms with Crippen LogP contribution in [-0.2, 0) is 0 Å². The van der Waals surface area contributed by atoms with Gasteiger partial charge in [0.2, 0.25) is 0 Å². The molecular weight excluding hydrogens is 324 g/mol. The van der Waals surface area contributed by atoms with Gasteiger partial charge in [-0.15, -0.1) is 11.3 Å². The minimum atomic E-state index is -0.174. The fourth-order valence-corrected chi connectivity index (χ4v) is 3.37. The van der Waals surface area contributed by atoms with E-state index in [-0.39, 0.29) is 6.03 Å². The van der Waals surface area contributed by atoms with E-state index in [9.17, 15) is 4.79 Å². The maximum atomic E-state index is 12.3. The number of likely N-dealkylation sites (tertiary alicyclic amines) is 1. The van der Waals surface area contributed by atoms with E-state index < -0.39 is 0 Å². The van der Waals surface area contributed by atoms with Gasteiger partial charge in [0, 0.05) is 37.1 Å². The monoisotopic (exact) mass is 340 g/mol. The van der Waals surface area contributed by atoms with Crippen LogP contribution in [0.2, 0.25) is 0 Å². The van der Waals surface area contributed by atoms with Crippen LogP contribution >= 0.6 is 11.3 Å². The molecule has 0 saturated carbocycles. The highest BCUT2D eigenvalue weighted by atomic mass is 32.1. The van der Waals surface area contributed by atoms with Gasteiger partial charge >= 0.3 is 6.03 Å². The Morgan fingerprint density at radius 3 is 2.75 bits per heavy atom. The van der Waals surface area contributed by atoms with Gasteiger partial charge in [0.05, 0.1) is 0 Å². The molecule has 0 aromatic carbocycles. The topological polar surface area (TPSA) is 68.3 Å². The van der Waals surface area contributed by atoms with Crippen LogP contribution < -0.4 is 4.80 Å². The van der Waals surface area contributed by atoms with E-state index in [1.165, 1.54) is 11.3 Å². The van der Waals surface area contributed by atoms with Crippen LogP contribution in [-0.4, -0.2) is 43.4 Å². The van der Waals surface area contributed by atoms with Crippen molar-refractivity contribution in [1.82, 2.24) is 24.2 Å². The molecule has 3 aromatic rings. The molecule has 4 heterocycles. The number of rotatable bonds is 2. The fraction of sp³-hybridized carbons (Fsp3) is 0.250. The summed E-state index contributed by atoms with van der Waals surface area (Å²) in [5, 5.41) is 6.10. The number of urea groups is 1. The van der Waals surface area contributed by atoms with E-state index in [4.69, 9.17) is 0 Å². The molecule has 8 heteroatoms. The Balaban J connectivity index is 1.70. The Morgan fingerprint density at radius 1 is 1.12 bits per heavy atom. The Bertz CT molecular complexity index is 905. The van der Waals surface area contributed by atoms with Crippen molar-refractivity contribution in [2.24, 2.45) is 4.99 Å². The van der Waals surface area contributed by atoms with Crippen molar-refractivity contribution in [2.75, 3.05) is 13.1 Å². The van der Waals surface area contributed by atoms with Crippen molar-refractivity contribution in [3.63, 3.8) is 0 Å². The molecule has 0 unspecified atom stereocenters. The lowest BCUT2D eigenvalue weighted by Crippen LogP contribution is -2.27. The zero-order valence-corrected chi connectivity index (χ0v) is 13.8. The average molecular weight is 340 g/mol. The molecule has 1 aliphatic heterocycles. The van der Waals surface area contributed by atoms with Gasteiger partial charge in [0.15, 0.2) is 10.6 Å². The number of hydrogen-bond acceptors (Lipinski definition) is 4. The van der Waals surface area contributed by atoms with Crippen molar-refractivity contribution in [3.05, 3.63) is 53.0 Å². The second-order valence-corrected chi connectivity index (χ2v) is 6.32. The molecule has 4 rings (SSSR count). The van der Waals surface area contributed by atoms with Crippen LogP contribution in [0.5, 0.6) is 0 Å². The number of carbonyl (C=O) groups excluding carboxylic acids is 1. The summed E-state index contributed by atoms with van der Waals surface area (Å²) in [4.78, 5) is 23.6. The first-order valence-corrected chi connectivity index (χ1v) is 8.66. The van der Waals surface area contributed by atoms with Gasteiger partial charge < -0.3 is 4.90 Å². The van der Waals surface area contributed by atoms with Gasteiger partial charge in [-0.2, -0.15) is 10.1 Å². The molecule has 0 aliphatic carbocycles. The van der Waals surface area contributed by atoms with Crippen molar-refractivity contribution in [3.8, 4) is 11.6 Å². The van der Waals surface area contributed by atoms with E-state index in [2.05, 4.69) is 15.1 Å². The SMILES string of the molecule is O=C(/N=c1\sccn1-c1cccc(-n2cccn2)n1)N1CCCC1. The van der Waals surface area contributed by atoms with Crippen molar-refractivity contribution < 1.29 is 4.79 Å². The second kappa shape index (κ2) is 6.40. The molecule has 122 valence electrons. The molecule has 0 N–H and O–H groups in total. The highest BCUT2D eigenvalue weighted by molar-refractivity contribution is 7.07. The highest BCUT2D eigenvalue weighted by Gasteiger charge is 2.17. The summed E-state index contributed by atoms with van der Waals surface area (Å²) in [7, 11) is 0. The molecule has 0 spiro atoms. The van der Waals surface area contributed by atoms with Crippen LogP contribution in [0.15, 0.2) is 53.2 Å². The van der Waals surface area contributed by atoms with Crippen molar-refractivity contribution in [2.45, 2.75) is 12.8 Å². The molecule has 1 aliphatic rings. The summed E-state index contributed by atoms with van der Waals surface area (Å²) in [5.41, 5.74) is 0. The first-order chi connectivity index (χ1) is 11.8. The minimum absolute atomic E-state index is 0.174. The Kier molecular flexibility index (Phi) is 3.96. The summed E-state index contributed by atoms with van der Waals surface area (Å²) in [6.45, 7) is 1.58. The number of amides is 2. The van der Waals surface area contributed by atoms with Crippen molar-refractivity contribution >= 4 is 17.4 Å². The third-order valence-electron chi connectivity index (χ3n) is 3.86. The summed E-state index contributed by atoms with van der Waals surface area (Å²) in [6, 6.07) is 7.36. The molecule has 2 amide bonds. The van der Waals surface area contributed by atoms with Crippen LogP contribution in [0.3, 0.4) is 0 Å². The van der Waals surface area contributed by atoms with E-state index in [1.54, 1.807) is 15.8 Å². The number of thiazole rings is 1. The highest BCUT2D eigenvalue weighted by Crippen LogP contribution is 2.10. The Hall–Kier alpha value is -2.74. The molecule has 24 heavy (non-hydrogen) atoms. The average Bonchev–Trinajstić information content (AvgIpc) is 3.36. The predicted molar refractivity (Wildman–Crippen MR) is 90.3 cm³/mol. The number of pyridine rings is 1. The normalized spacial score (nSPS) is 15.2. The molecule has 7 nitrogen and oxygen atoms in total. The predicted octanol–water partition coefficient (Wildman–Crippen LogP) is 2.24. The zero-order valence-electron chi connectivity index (χ0n) is 12.9. The summed E-state index contributed by atoms with van der Waals surface area (Å²) < 4.78 is 3.52. The standard InChI is InChI=1S/C16H16N6OS/c23-15(20-8-1-2-9-20)19-16-21(11-12-24-16)13-5-3-6-14(18-13)22-10-4-7-17-22/h3-7,10-12H,1-2,8-9H2/b19-16-. The molecule has 3 aromatic heterocycles. The first-order valence-electron chi connectivity index (χ1n) is 7.78. The summed E-state index contributed by atoms with van der Waals surface area (Å²) in [5.74, 6) is 1.42. The summed E-state index contributed by atoms with van der Waals surface area (Å²) in [6.07, 6.45) is 7.53. The number of aromatic nitrogens is 4. The van der Waals surface area contributed by atoms with Crippen LogP contribution in [0, 0.1) is 0 Å². The van der Waals surface area contributed by atoms with Gasteiger partial charge in [-0.1, -0.05) is 6.07 Å². The molecule has 0 radical (unpaired) electrons. The van der Waals surface area contributed by atoms with Gasteiger partial charge in [0.1, 0.15) is 5.82 Å². The quantitative estimate of drug-likeness (QED) is 0.718. The largest absolute Gasteiger partial charge is 0.346 e. The molecule has 0 bridgehead atoms. The second-order valence-electron chi connectivity index (χ2n) is 5.45. The van der Waals surface area contributed by atoms with Gasteiger partial charge in [-0.3, -0.25) is 4.57 Å². The van der Waals surface area contributed by atoms with Gasteiger partial charge in [-0.25, -0.2) is 14.5 Å². The van der Waals surface area contributed by atoms with E-state index in [1.807, 2.05) is 46.6 Å². The van der Waals surface area contributed by atoms with Crippen molar-refractivity contribution in [1.29, 1.82) is 0 Å². The van der Waals surface area contributed by atoms with Gasteiger partial charge in [0.25, 0.3) is 0 Å². The third-order valence-corrected chi connectivity index (χ3v) is 4.62. The van der Waals surface area contributed by atoms with E-state index in [0.29, 0.717) is 16.4 Å². The molecule has 1 fully saturated rings. The lowest BCUT2D eigenvalue weighted by Gasteiger charge is -2.10. The fourth-order valence-electron chi connectivity index (χ4n) is 2.67. The lowest BCUT2D eigenvalue weighted by atomic mass is 10.4. The number of carbonyl (C=O) groups is 1. The number of nitrogens with zero attached hydrogens (tertiary/aromatic N) is 6. The number of hydrogen-bond donors (Lipinski definition) is 0. The maximum Gasteiger partial charge on any atom is 0.346 e. The van der Waals surface area contributed by atoms with E-state index in [0.717, 1.165) is 25.9 Å². The Labute approximate surface area is 142 Å². The van der Waals surface area contributed by atoms with Crippen LogP contribution in [0.25, 0.3) is 11.6 Å². The Morgan fingerprint density at radius 2 is 1.96 bits per heavy atom. The minimum Gasteiger partial charge on any atom is -0.323 e. The zero-order chi connectivity index (χ0) is 16.4. The lowest BCUT2D eigenvalue weighted by molar-refractivity contribution is 0.218. The third kappa shape index (κ3) is 2.88.